The van der Waals surface area contributed by atoms with Crippen LogP contribution in [0.2, 0.25) is 0 Å². The summed E-state index contributed by atoms with van der Waals surface area (Å²) in [6, 6.07) is 7.68. The van der Waals surface area contributed by atoms with Crippen molar-refractivity contribution in [2.24, 2.45) is 5.73 Å². The first-order valence-electron chi connectivity index (χ1n) is 6.22. The molecule has 1 unspecified atom stereocenters. The van der Waals surface area contributed by atoms with Gasteiger partial charge in [-0.3, -0.25) is 0 Å². The van der Waals surface area contributed by atoms with E-state index in [0.717, 1.165) is 11.3 Å². The first-order chi connectivity index (χ1) is 8.63. The molecule has 1 aromatic carbocycles. The summed E-state index contributed by atoms with van der Waals surface area (Å²) in [4.78, 5) is 0. The largest absolute Gasteiger partial charge is 0.491 e. The molecule has 0 aliphatic heterocycles. The van der Waals surface area contributed by atoms with E-state index < -0.39 is 0 Å². The van der Waals surface area contributed by atoms with Crippen LogP contribution in [0.25, 0.3) is 0 Å². The van der Waals surface area contributed by atoms with Gasteiger partial charge in [0.05, 0.1) is 32.0 Å². The van der Waals surface area contributed by atoms with Crippen molar-refractivity contribution in [3.05, 3.63) is 29.8 Å². The van der Waals surface area contributed by atoms with E-state index in [1.807, 2.05) is 38.1 Å². The molecule has 0 aliphatic rings. The van der Waals surface area contributed by atoms with Crippen molar-refractivity contribution >= 4 is 0 Å². The van der Waals surface area contributed by atoms with Gasteiger partial charge in [-0.15, -0.1) is 0 Å². The average Bonchev–Trinajstić information content (AvgIpc) is 2.34. The van der Waals surface area contributed by atoms with Crippen LogP contribution in [0, 0.1) is 0 Å². The molecule has 1 rings (SSSR count). The fourth-order valence-corrected chi connectivity index (χ4v) is 1.54. The second-order valence-electron chi connectivity index (χ2n) is 4.41. The Labute approximate surface area is 109 Å². The average molecular weight is 253 g/mol. The molecule has 4 nitrogen and oxygen atoms in total. The molecular weight excluding hydrogens is 230 g/mol. The Kier molecular flexibility index (Phi) is 6.72. The highest BCUT2D eigenvalue weighted by Crippen LogP contribution is 2.19. The molecule has 0 fully saturated rings. The zero-order valence-electron chi connectivity index (χ0n) is 11.4. The van der Waals surface area contributed by atoms with E-state index in [1.54, 1.807) is 7.11 Å². The molecule has 1 aromatic rings. The Morgan fingerprint density at radius 1 is 1.22 bits per heavy atom. The van der Waals surface area contributed by atoms with Gasteiger partial charge in [-0.25, -0.2) is 0 Å². The van der Waals surface area contributed by atoms with Crippen molar-refractivity contribution in [2.45, 2.75) is 26.0 Å². The smallest absolute Gasteiger partial charge is 0.120 e. The highest BCUT2D eigenvalue weighted by molar-refractivity contribution is 5.30. The van der Waals surface area contributed by atoms with Crippen molar-refractivity contribution in [1.82, 2.24) is 0 Å². The van der Waals surface area contributed by atoms with Gasteiger partial charge in [0.25, 0.3) is 0 Å². The van der Waals surface area contributed by atoms with E-state index in [9.17, 15) is 0 Å². The zero-order chi connectivity index (χ0) is 13.4. The van der Waals surface area contributed by atoms with Crippen LogP contribution in [0.3, 0.4) is 0 Å². The van der Waals surface area contributed by atoms with E-state index >= 15 is 0 Å². The highest BCUT2D eigenvalue weighted by Gasteiger charge is 2.07. The lowest BCUT2D eigenvalue weighted by Crippen LogP contribution is -2.18. The normalized spacial score (nSPS) is 12.7. The van der Waals surface area contributed by atoms with Gasteiger partial charge in [-0.1, -0.05) is 12.1 Å². The Morgan fingerprint density at radius 3 is 2.67 bits per heavy atom. The minimum atomic E-state index is -0.141. The monoisotopic (exact) mass is 253 g/mol. The van der Waals surface area contributed by atoms with E-state index in [4.69, 9.17) is 19.9 Å². The molecule has 0 aromatic heterocycles. The summed E-state index contributed by atoms with van der Waals surface area (Å²) in [6.07, 6.45) is 0.162. The number of nitrogens with two attached hydrogens (primary N) is 1. The number of hydrogen-bond acceptors (Lipinski definition) is 4. The van der Waals surface area contributed by atoms with Gasteiger partial charge in [0.15, 0.2) is 0 Å². The zero-order valence-corrected chi connectivity index (χ0v) is 11.4. The molecule has 0 radical (unpaired) electrons. The lowest BCUT2D eigenvalue weighted by molar-refractivity contribution is 0.0635. The second-order valence-corrected chi connectivity index (χ2v) is 4.41. The van der Waals surface area contributed by atoms with Gasteiger partial charge < -0.3 is 19.9 Å². The maximum atomic E-state index is 6.06. The Balaban J connectivity index is 2.48. The molecule has 18 heavy (non-hydrogen) atoms. The Morgan fingerprint density at radius 2 is 2.00 bits per heavy atom. The fourth-order valence-electron chi connectivity index (χ4n) is 1.54. The molecule has 2 N–H and O–H groups in total. The molecule has 0 saturated heterocycles. The van der Waals surface area contributed by atoms with E-state index in [0.29, 0.717) is 19.8 Å². The van der Waals surface area contributed by atoms with Crippen LogP contribution in [0.4, 0.5) is 0 Å². The molecule has 0 bridgehead atoms. The number of rotatable bonds is 8. The quantitative estimate of drug-likeness (QED) is 0.721. The lowest BCUT2D eigenvalue weighted by atomic mass is 10.1. The van der Waals surface area contributed by atoms with Gasteiger partial charge in [0.2, 0.25) is 0 Å². The number of methoxy groups -OCH3 is 1. The highest BCUT2D eigenvalue weighted by atomic mass is 16.5. The van der Waals surface area contributed by atoms with Crippen molar-refractivity contribution in [1.29, 1.82) is 0 Å². The third-order valence-electron chi connectivity index (χ3n) is 2.39. The first-order valence-corrected chi connectivity index (χ1v) is 6.22. The number of ether oxygens (including phenoxy) is 3. The standard InChI is InChI=1S/C14H23NO3/c1-11(2)18-13-6-4-5-12(9-13)14(15)10-17-8-7-16-3/h4-6,9,11,14H,7-8,10,15H2,1-3H3. The van der Waals surface area contributed by atoms with Gasteiger partial charge in [-0.05, 0) is 31.5 Å². The molecule has 0 amide bonds. The molecule has 4 heteroatoms. The van der Waals surface area contributed by atoms with Crippen molar-refractivity contribution in [3.8, 4) is 5.75 Å². The van der Waals surface area contributed by atoms with Crippen LogP contribution in [-0.4, -0.2) is 33.0 Å². The summed E-state index contributed by atoms with van der Waals surface area (Å²) < 4.78 is 16.0. The third-order valence-corrected chi connectivity index (χ3v) is 2.39. The summed E-state index contributed by atoms with van der Waals surface area (Å²) >= 11 is 0. The second kappa shape index (κ2) is 8.08. The fraction of sp³-hybridized carbons (Fsp3) is 0.571. The summed E-state index contributed by atoms with van der Waals surface area (Å²) in [5, 5.41) is 0. The van der Waals surface area contributed by atoms with Crippen LogP contribution in [-0.2, 0) is 9.47 Å². The Bertz CT molecular complexity index is 342. The summed E-state index contributed by atoms with van der Waals surface area (Å²) in [5.74, 6) is 0.842. The third kappa shape index (κ3) is 5.49. The van der Waals surface area contributed by atoms with Crippen LogP contribution >= 0.6 is 0 Å². The molecular formula is C14H23NO3. The summed E-state index contributed by atoms with van der Waals surface area (Å²) in [6.45, 7) is 5.63. The van der Waals surface area contributed by atoms with Crippen molar-refractivity contribution < 1.29 is 14.2 Å². The minimum Gasteiger partial charge on any atom is -0.491 e. The van der Waals surface area contributed by atoms with Crippen LogP contribution in [0.1, 0.15) is 25.5 Å². The molecule has 0 heterocycles. The van der Waals surface area contributed by atoms with Gasteiger partial charge in [0.1, 0.15) is 5.75 Å². The van der Waals surface area contributed by atoms with E-state index in [1.165, 1.54) is 0 Å². The predicted molar refractivity (Wildman–Crippen MR) is 71.8 cm³/mol. The first kappa shape index (κ1) is 15.0. The Hall–Kier alpha value is -1.10. The number of benzene rings is 1. The molecule has 102 valence electrons. The number of hydrogen-bond donors (Lipinski definition) is 1. The molecule has 0 saturated carbocycles. The van der Waals surface area contributed by atoms with Gasteiger partial charge in [0, 0.05) is 7.11 Å². The minimum absolute atomic E-state index is 0.141. The van der Waals surface area contributed by atoms with Gasteiger partial charge in [-0.2, -0.15) is 0 Å². The molecule has 0 aliphatic carbocycles. The van der Waals surface area contributed by atoms with Crippen molar-refractivity contribution in [2.75, 3.05) is 26.9 Å². The van der Waals surface area contributed by atoms with Crippen molar-refractivity contribution in [3.63, 3.8) is 0 Å². The maximum absolute atomic E-state index is 6.06. The van der Waals surface area contributed by atoms with Crippen LogP contribution in [0.15, 0.2) is 24.3 Å². The van der Waals surface area contributed by atoms with Crippen LogP contribution < -0.4 is 10.5 Å². The summed E-state index contributed by atoms with van der Waals surface area (Å²) in [5.41, 5.74) is 7.07. The SMILES string of the molecule is COCCOCC(N)c1cccc(OC(C)C)c1. The molecule has 0 spiro atoms. The maximum Gasteiger partial charge on any atom is 0.120 e. The topological polar surface area (TPSA) is 53.7 Å². The van der Waals surface area contributed by atoms with E-state index in [-0.39, 0.29) is 12.1 Å². The lowest BCUT2D eigenvalue weighted by Gasteiger charge is -2.15. The van der Waals surface area contributed by atoms with Gasteiger partial charge >= 0.3 is 0 Å². The molecule has 1 atom stereocenters. The van der Waals surface area contributed by atoms with E-state index in [2.05, 4.69) is 0 Å². The summed E-state index contributed by atoms with van der Waals surface area (Å²) in [7, 11) is 1.65. The van der Waals surface area contributed by atoms with Crippen LogP contribution in [0.5, 0.6) is 5.75 Å². The predicted octanol–water partition coefficient (Wildman–Crippen LogP) is 2.14.